The van der Waals surface area contributed by atoms with Gasteiger partial charge in [-0.05, 0) is 24.6 Å². The lowest BCUT2D eigenvalue weighted by molar-refractivity contribution is 0.0990. The second-order valence-corrected chi connectivity index (χ2v) is 4.05. The Kier molecular flexibility index (Phi) is 3.94. The molecule has 1 aromatic rings. The van der Waals surface area contributed by atoms with Gasteiger partial charge in [0.15, 0.2) is 5.78 Å². The fourth-order valence-electron chi connectivity index (χ4n) is 1.07. The van der Waals surface area contributed by atoms with E-state index in [-0.39, 0.29) is 5.78 Å². The minimum Gasteiger partial charge on any atom is -0.294 e. The van der Waals surface area contributed by atoms with Gasteiger partial charge in [0, 0.05) is 17.3 Å². The predicted octanol–water partition coefficient (Wildman–Crippen LogP) is 3.62. The number of carbonyl (C=O) groups excluding carboxylic acids is 1. The molecule has 70 valence electrons. The second kappa shape index (κ2) is 4.77. The molecule has 0 heterocycles. The van der Waals surface area contributed by atoms with Crippen molar-refractivity contribution >= 4 is 33.3 Å². The van der Waals surface area contributed by atoms with Crippen molar-refractivity contribution in [2.45, 2.75) is 13.3 Å². The average molecular weight is 262 g/mol. The Morgan fingerprint density at radius 3 is 2.77 bits per heavy atom. The summed E-state index contributed by atoms with van der Waals surface area (Å²) in [4.78, 5) is 11.5. The normalized spacial score (nSPS) is 10.1. The molecule has 0 aliphatic rings. The molecule has 0 aromatic heterocycles. The number of rotatable bonds is 3. The van der Waals surface area contributed by atoms with E-state index in [9.17, 15) is 4.79 Å². The van der Waals surface area contributed by atoms with Gasteiger partial charge in [0.25, 0.3) is 0 Å². The Labute approximate surface area is 91.2 Å². The SMILES string of the molecule is Cc1ccc(C(=O)CCBr)c(Cl)c1. The van der Waals surface area contributed by atoms with E-state index >= 15 is 0 Å². The Morgan fingerprint density at radius 1 is 1.54 bits per heavy atom. The van der Waals surface area contributed by atoms with Crippen LogP contribution in [0.1, 0.15) is 22.3 Å². The van der Waals surface area contributed by atoms with Crippen molar-refractivity contribution in [1.29, 1.82) is 0 Å². The topological polar surface area (TPSA) is 17.1 Å². The third kappa shape index (κ3) is 2.82. The summed E-state index contributed by atoms with van der Waals surface area (Å²) >= 11 is 9.15. The molecule has 0 spiro atoms. The zero-order valence-corrected chi connectivity index (χ0v) is 9.65. The first-order valence-electron chi connectivity index (χ1n) is 4.00. The van der Waals surface area contributed by atoms with E-state index in [1.54, 1.807) is 6.07 Å². The van der Waals surface area contributed by atoms with Gasteiger partial charge in [-0.25, -0.2) is 0 Å². The number of hydrogen-bond donors (Lipinski definition) is 0. The van der Waals surface area contributed by atoms with E-state index in [4.69, 9.17) is 11.6 Å². The third-order valence-electron chi connectivity index (χ3n) is 1.75. The van der Waals surface area contributed by atoms with Crippen LogP contribution in [0.25, 0.3) is 0 Å². The zero-order chi connectivity index (χ0) is 9.84. The monoisotopic (exact) mass is 260 g/mol. The van der Waals surface area contributed by atoms with Crippen LogP contribution in [-0.2, 0) is 0 Å². The first-order valence-corrected chi connectivity index (χ1v) is 5.50. The van der Waals surface area contributed by atoms with Crippen LogP contribution in [-0.4, -0.2) is 11.1 Å². The molecule has 0 aliphatic carbocycles. The van der Waals surface area contributed by atoms with Gasteiger partial charge in [-0.3, -0.25) is 4.79 Å². The Bertz CT molecular complexity index is 323. The van der Waals surface area contributed by atoms with Crippen molar-refractivity contribution in [1.82, 2.24) is 0 Å². The van der Waals surface area contributed by atoms with E-state index in [0.717, 1.165) is 5.56 Å². The van der Waals surface area contributed by atoms with E-state index in [1.165, 1.54) is 0 Å². The number of benzene rings is 1. The summed E-state index contributed by atoms with van der Waals surface area (Å²) in [7, 11) is 0. The van der Waals surface area contributed by atoms with Gasteiger partial charge in [0.1, 0.15) is 0 Å². The maximum absolute atomic E-state index is 11.5. The van der Waals surface area contributed by atoms with Crippen molar-refractivity contribution < 1.29 is 4.79 Å². The largest absolute Gasteiger partial charge is 0.294 e. The summed E-state index contributed by atoms with van der Waals surface area (Å²) in [6, 6.07) is 5.49. The van der Waals surface area contributed by atoms with Gasteiger partial charge < -0.3 is 0 Å². The predicted molar refractivity (Wildman–Crippen MR) is 58.9 cm³/mol. The highest BCUT2D eigenvalue weighted by atomic mass is 79.9. The Balaban J connectivity index is 2.95. The van der Waals surface area contributed by atoms with Gasteiger partial charge in [0.2, 0.25) is 0 Å². The van der Waals surface area contributed by atoms with Crippen LogP contribution in [0.15, 0.2) is 18.2 Å². The first kappa shape index (κ1) is 10.7. The number of Topliss-reactive ketones (excluding diaryl/α,β-unsaturated/α-hetero) is 1. The Morgan fingerprint density at radius 2 is 2.23 bits per heavy atom. The summed E-state index contributed by atoms with van der Waals surface area (Å²) in [5.41, 5.74) is 1.69. The molecular weight excluding hydrogens is 251 g/mol. The summed E-state index contributed by atoms with van der Waals surface area (Å²) in [6.07, 6.45) is 0.489. The molecule has 0 fully saturated rings. The van der Waals surface area contributed by atoms with Crippen LogP contribution in [0.2, 0.25) is 5.02 Å². The molecule has 1 aromatic carbocycles. The summed E-state index contributed by atoms with van der Waals surface area (Å²) < 4.78 is 0. The van der Waals surface area contributed by atoms with Crippen LogP contribution in [0, 0.1) is 6.92 Å². The van der Waals surface area contributed by atoms with Gasteiger partial charge >= 0.3 is 0 Å². The number of carbonyl (C=O) groups is 1. The van der Waals surface area contributed by atoms with Crippen molar-refractivity contribution in [3.05, 3.63) is 34.3 Å². The van der Waals surface area contributed by atoms with Gasteiger partial charge in [-0.2, -0.15) is 0 Å². The number of hydrogen-bond acceptors (Lipinski definition) is 1. The highest BCUT2D eigenvalue weighted by molar-refractivity contribution is 9.09. The number of alkyl halides is 1. The molecule has 0 saturated heterocycles. The van der Waals surface area contributed by atoms with Crippen molar-refractivity contribution in [3.63, 3.8) is 0 Å². The summed E-state index contributed by atoms with van der Waals surface area (Å²) in [6.45, 7) is 1.95. The average Bonchev–Trinajstić information content (AvgIpc) is 2.04. The second-order valence-electron chi connectivity index (χ2n) is 2.85. The van der Waals surface area contributed by atoms with Crippen LogP contribution >= 0.6 is 27.5 Å². The van der Waals surface area contributed by atoms with E-state index in [1.807, 2.05) is 19.1 Å². The van der Waals surface area contributed by atoms with Crippen molar-refractivity contribution in [2.75, 3.05) is 5.33 Å². The number of halogens is 2. The molecule has 0 radical (unpaired) electrons. The van der Waals surface area contributed by atoms with E-state index in [2.05, 4.69) is 15.9 Å². The highest BCUT2D eigenvalue weighted by Crippen LogP contribution is 2.19. The highest BCUT2D eigenvalue weighted by Gasteiger charge is 2.08. The molecule has 0 unspecified atom stereocenters. The standard InChI is InChI=1S/C10H10BrClO/c1-7-2-3-8(9(12)6-7)10(13)4-5-11/h2-3,6H,4-5H2,1H3. The van der Waals surface area contributed by atoms with Crippen molar-refractivity contribution in [3.8, 4) is 0 Å². The van der Waals surface area contributed by atoms with E-state index in [0.29, 0.717) is 22.3 Å². The van der Waals surface area contributed by atoms with Gasteiger partial charge in [-0.15, -0.1) is 0 Å². The number of ketones is 1. The fraction of sp³-hybridized carbons (Fsp3) is 0.300. The number of aryl methyl sites for hydroxylation is 1. The van der Waals surface area contributed by atoms with Crippen LogP contribution in [0.5, 0.6) is 0 Å². The quantitative estimate of drug-likeness (QED) is 0.600. The third-order valence-corrected chi connectivity index (χ3v) is 2.46. The smallest absolute Gasteiger partial charge is 0.165 e. The first-order chi connectivity index (χ1) is 6.15. The van der Waals surface area contributed by atoms with Gasteiger partial charge in [-0.1, -0.05) is 33.6 Å². The summed E-state index contributed by atoms with van der Waals surface area (Å²) in [5, 5.41) is 1.22. The van der Waals surface area contributed by atoms with Crippen LogP contribution < -0.4 is 0 Å². The maximum atomic E-state index is 11.5. The Hall–Kier alpha value is -0.340. The van der Waals surface area contributed by atoms with Gasteiger partial charge in [0.05, 0.1) is 5.02 Å². The molecule has 3 heteroatoms. The molecule has 0 bridgehead atoms. The summed E-state index contributed by atoms with van der Waals surface area (Å²) in [5.74, 6) is 0.0851. The van der Waals surface area contributed by atoms with Crippen LogP contribution in [0.3, 0.4) is 0 Å². The zero-order valence-electron chi connectivity index (χ0n) is 7.31. The van der Waals surface area contributed by atoms with Crippen molar-refractivity contribution in [2.24, 2.45) is 0 Å². The van der Waals surface area contributed by atoms with E-state index < -0.39 is 0 Å². The minimum absolute atomic E-state index is 0.0851. The molecule has 0 atom stereocenters. The molecule has 1 rings (SSSR count). The maximum Gasteiger partial charge on any atom is 0.165 e. The molecular formula is C10H10BrClO. The fourth-order valence-corrected chi connectivity index (χ4v) is 1.77. The molecule has 13 heavy (non-hydrogen) atoms. The van der Waals surface area contributed by atoms with Crippen LogP contribution in [0.4, 0.5) is 0 Å². The molecule has 1 nitrogen and oxygen atoms in total. The molecule has 0 N–H and O–H groups in total. The molecule has 0 amide bonds. The molecule has 0 aliphatic heterocycles. The molecule has 0 saturated carbocycles. The lowest BCUT2D eigenvalue weighted by Gasteiger charge is -2.02. The lowest BCUT2D eigenvalue weighted by atomic mass is 10.1. The minimum atomic E-state index is 0.0851. The lowest BCUT2D eigenvalue weighted by Crippen LogP contribution is -2.00.